The first-order valence-electron chi connectivity index (χ1n) is 7.02. The molecule has 0 aromatic rings. The number of hydrogen-bond donors (Lipinski definition) is 3. The van der Waals surface area contributed by atoms with E-state index >= 15 is 0 Å². The van der Waals surface area contributed by atoms with Gasteiger partial charge in [0.2, 0.25) is 0 Å². The zero-order valence-electron chi connectivity index (χ0n) is 13.0. The Morgan fingerprint density at radius 2 is 1.85 bits per heavy atom. The Balaban J connectivity index is 3.99. The van der Waals surface area contributed by atoms with E-state index in [9.17, 15) is 9.59 Å². The number of urea groups is 1. The number of hydrogen-bond acceptors (Lipinski definition) is 3. The number of methoxy groups -OCH3 is 1. The van der Waals surface area contributed by atoms with Crippen LogP contribution >= 0.6 is 0 Å². The first-order valence-corrected chi connectivity index (χ1v) is 7.02. The quantitative estimate of drug-likeness (QED) is 0.566. The summed E-state index contributed by atoms with van der Waals surface area (Å²) in [7, 11) is 1.67. The summed E-state index contributed by atoms with van der Waals surface area (Å²) in [6.45, 7) is 7.04. The summed E-state index contributed by atoms with van der Waals surface area (Å²) < 4.78 is 4.94. The van der Waals surface area contributed by atoms with E-state index in [1.54, 1.807) is 7.11 Å². The van der Waals surface area contributed by atoms with Crippen LogP contribution in [0.3, 0.4) is 0 Å². The summed E-state index contributed by atoms with van der Waals surface area (Å²) in [5.74, 6) is -0.912. The van der Waals surface area contributed by atoms with Gasteiger partial charge >= 0.3 is 12.0 Å². The van der Waals surface area contributed by atoms with E-state index in [1.807, 2.05) is 20.8 Å². The van der Waals surface area contributed by atoms with Gasteiger partial charge in [0.05, 0.1) is 6.42 Å². The van der Waals surface area contributed by atoms with E-state index in [1.165, 1.54) is 0 Å². The highest BCUT2D eigenvalue weighted by Crippen LogP contribution is 2.21. The van der Waals surface area contributed by atoms with E-state index in [-0.39, 0.29) is 17.9 Å². The highest BCUT2D eigenvalue weighted by Gasteiger charge is 2.28. The molecule has 0 aromatic heterocycles. The minimum atomic E-state index is -0.912. The molecule has 6 nitrogen and oxygen atoms in total. The lowest BCUT2D eigenvalue weighted by Gasteiger charge is -2.30. The molecule has 0 saturated heterocycles. The molecule has 0 aliphatic carbocycles. The molecule has 6 heteroatoms. The third-order valence-electron chi connectivity index (χ3n) is 3.04. The molecule has 20 heavy (non-hydrogen) atoms. The number of ether oxygens (including phenoxy) is 1. The van der Waals surface area contributed by atoms with E-state index in [4.69, 9.17) is 9.84 Å². The van der Waals surface area contributed by atoms with Gasteiger partial charge in [-0.3, -0.25) is 4.79 Å². The molecule has 118 valence electrons. The Kier molecular flexibility index (Phi) is 8.96. The van der Waals surface area contributed by atoms with E-state index in [2.05, 4.69) is 10.6 Å². The molecule has 2 amide bonds. The largest absolute Gasteiger partial charge is 0.481 e. The van der Waals surface area contributed by atoms with Crippen LogP contribution in [-0.2, 0) is 9.53 Å². The van der Waals surface area contributed by atoms with Crippen LogP contribution in [0.4, 0.5) is 4.79 Å². The smallest absolute Gasteiger partial charge is 0.315 e. The summed E-state index contributed by atoms with van der Waals surface area (Å²) >= 11 is 0. The third kappa shape index (κ3) is 9.61. The molecule has 0 aromatic carbocycles. The predicted molar refractivity (Wildman–Crippen MR) is 77.8 cm³/mol. The molecular formula is C14H28N2O4. The van der Waals surface area contributed by atoms with Gasteiger partial charge in [-0.25, -0.2) is 4.79 Å². The number of carboxylic acids is 1. The zero-order chi connectivity index (χ0) is 15.6. The Labute approximate surface area is 121 Å². The highest BCUT2D eigenvalue weighted by atomic mass is 16.5. The van der Waals surface area contributed by atoms with Gasteiger partial charge in [-0.2, -0.15) is 0 Å². The molecule has 3 N–H and O–H groups in total. The number of nitrogens with one attached hydrogen (secondary N) is 2. The van der Waals surface area contributed by atoms with Crippen LogP contribution in [0.2, 0.25) is 0 Å². The van der Waals surface area contributed by atoms with Gasteiger partial charge in [0, 0.05) is 26.3 Å². The van der Waals surface area contributed by atoms with Crippen LogP contribution in [0.5, 0.6) is 0 Å². The molecule has 0 fully saturated rings. The number of carboxylic acid groups (broad SMARTS) is 1. The zero-order valence-corrected chi connectivity index (χ0v) is 13.0. The standard InChI is InChI=1S/C14H28N2O4/c1-14(2,3)11(10-12(17)18)16-13(19)15-8-6-5-7-9-20-4/h11H,5-10H2,1-4H3,(H,17,18)(H2,15,16,19). The number of carbonyl (C=O) groups excluding carboxylic acids is 1. The van der Waals surface area contributed by atoms with Gasteiger partial charge in [0.25, 0.3) is 0 Å². The number of carbonyl (C=O) groups is 2. The van der Waals surface area contributed by atoms with Gasteiger partial charge in [0.1, 0.15) is 0 Å². The molecule has 0 bridgehead atoms. The first kappa shape index (κ1) is 18.7. The van der Waals surface area contributed by atoms with Crippen LogP contribution in [0.25, 0.3) is 0 Å². The first-order chi connectivity index (χ1) is 9.27. The minimum Gasteiger partial charge on any atom is -0.481 e. The van der Waals surface area contributed by atoms with Gasteiger partial charge < -0.3 is 20.5 Å². The average Bonchev–Trinajstić information content (AvgIpc) is 2.31. The summed E-state index contributed by atoms with van der Waals surface area (Å²) in [6.07, 6.45) is 2.77. The van der Waals surface area contributed by atoms with Gasteiger partial charge in [-0.15, -0.1) is 0 Å². The summed E-state index contributed by atoms with van der Waals surface area (Å²) in [4.78, 5) is 22.5. The number of unbranched alkanes of at least 4 members (excludes halogenated alkanes) is 2. The van der Waals surface area contributed by atoms with Crippen LogP contribution in [0.15, 0.2) is 0 Å². The van der Waals surface area contributed by atoms with Crippen molar-refractivity contribution in [3.8, 4) is 0 Å². The van der Waals surface area contributed by atoms with Crippen molar-refractivity contribution >= 4 is 12.0 Å². The maximum absolute atomic E-state index is 11.7. The maximum Gasteiger partial charge on any atom is 0.315 e. The van der Waals surface area contributed by atoms with Crippen LogP contribution in [-0.4, -0.2) is 43.4 Å². The van der Waals surface area contributed by atoms with Crippen molar-refractivity contribution in [2.45, 2.75) is 52.5 Å². The third-order valence-corrected chi connectivity index (χ3v) is 3.04. The van der Waals surface area contributed by atoms with E-state index < -0.39 is 12.0 Å². The Hall–Kier alpha value is -1.30. The predicted octanol–water partition coefficient (Wildman–Crippen LogP) is 1.99. The number of amides is 2. The Morgan fingerprint density at radius 3 is 2.35 bits per heavy atom. The molecule has 0 saturated carbocycles. The van der Waals surface area contributed by atoms with Gasteiger partial charge in [-0.05, 0) is 24.7 Å². The highest BCUT2D eigenvalue weighted by molar-refractivity contribution is 5.75. The fourth-order valence-electron chi connectivity index (χ4n) is 1.71. The normalized spacial score (nSPS) is 12.8. The van der Waals surface area contributed by atoms with Gasteiger partial charge in [-0.1, -0.05) is 20.8 Å². The molecule has 0 heterocycles. The van der Waals surface area contributed by atoms with E-state index in [0.717, 1.165) is 25.9 Å². The van der Waals surface area contributed by atoms with Crippen molar-refractivity contribution in [2.24, 2.45) is 5.41 Å². The van der Waals surface area contributed by atoms with Crippen LogP contribution < -0.4 is 10.6 Å². The molecule has 1 unspecified atom stereocenters. The van der Waals surface area contributed by atoms with Crippen molar-refractivity contribution in [3.05, 3.63) is 0 Å². The molecule has 0 spiro atoms. The van der Waals surface area contributed by atoms with Crippen molar-refractivity contribution in [1.29, 1.82) is 0 Å². The molecule has 1 atom stereocenters. The van der Waals surface area contributed by atoms with Crippen LogP contribution in [0.1, 0.15) is 46.5 Å². The lowest BCUT2D eigenvalue weighted by Crippen LogP contribution is -2.49. The van der Waals surface area contributed by atoms with Crippen molar-refractivity contribution in [3.63, 3.8) is 0 Å². The molecule has 0 aliphatic heterocycles. The second-order valence-corrected chi connectivity index (χ2v) is 5.97. The monoisotopic (exact) mass is 288 g/mol. The van der Waals surface area contributed by atoms with Gasteiger partial charge in [0.15, 0.2) is 0 Å². The molecule has 0 rings (SSSR count). The van der Waals surface area contributed by atoms with Crippen molar-refractivity contribution in [1.82, 2.24) is 10.6 Å². The Bertz CT molecular complexity index is 300. The SMILES string of the molecule is COCCCCCNC(=O)NC(CC(=O)O)C(C)(C)C. The summed E-state index contributed by atoms with van der Waals surface area (Å²) in [5.41, 5.74) is -0.297. The molecule has 0 radical (unpaired) electrons. The van der Waals surface area contributed by atoms with Crippen molar-refractivity contribution < 1.29 is 19.4 Å². The second kappa shape index (κ2) is 9.58. The average molecular weight is 288 g/mol. The Morgan fingerprint density at radius 1 is 1.20 bits per heavy atom. The molecular weight excluding hydrogens is 260 g/mol. The minimum absolute atomic E-state index is 0.0786. The molecule has 0 aliphatic rings. The number of aliphatic carboxylic acids is 1. The second-order valence-electron chi connectivity index (χ2n) is 5.97. The fourth-order valence-corrected chi connectivity index (χ4v) is 1.71. The maximum atomic E-state index is 11.7. The van der Waals surface area contributed by atoms with E-state index in [0.29, 0.717) is 6.54 Å². The fraction of sp³-hybridized carbons (Fsp3) is 0.857. The topological polar surface area (TPSA) is 87.7 Å². The summed E-state index contributed by atoms with van der Waals surface area (Å²) in [5, 5.41) is 14.4. The van der Waals surface area contributed by atoms with Crippen molar-refractivity contribution in [2.75, 3.05) is 20.3 Å². The number of rotatable bonds is 9. The lowest BCUT2D eigenvalue weighted by molar-refractivity contribution is -0.138. The summed E-state index contributed by atoms with van der Waals surface area (Å²) in [6, 6.07) is -0.702. The van der Waals surface area contributed by atoms with Crippen LogP contribution in [0, 0.1) is 5.41 Å². The lowest BCUT2D eigenvalue weighted by atomic mass is 9.85.